The lowest BCUT2D eigenvalue weighted by Crippen LogP contribution is -2.39. The zero-order chi connectivity index (χ0) is 14.1. The highest BCUT2D eigenvalue weighted by molar-refractivity contribution is 7.89. The molecule has 1 atom stereocenters. The van der Waals surface area contributed by atoms with Crippen molar-refractivity contribution in [3.05, 3.63) is 0 Å². The molecular formula is C13H29N3O2S. The van der Waals surface area contributed by atoms with Gasteiger partial charge in [-0.05, 0) is 45.8 Å². The molecule has 1 heterocycles. The van der Waals surface area contributed by atoms with Crippen LogP contribution in [-0.2, 0) is 10.0 Å². The third kappa shape index (κ3) is 7.25. The number of sulfonamides is 1. The Morgan fingerprint density at radius 3 is 2.74 bits per heavy atom. The van der Waals surface area contributed by atoms with E-state index in [1.165, 1.54) is 19.3 Å². The van der Waals surface area contributed by atoms with E-state index in [0.29, 0.717) is 19.1 Å². The van der Waals surface area contributed by atoms with Crippen molar-refractivity contribution >= 4 is 10.0 Å². The van der Waals surface area contributed by atoms with E-state index in [9.17, 15) is 8.42 Å². The lowest BCUT2D eigenvalue weighted by atomic mass is 10.0. The molecule has 1 aliphatic rings. The van der Waals surface area contributed by atoms with E-state index in [-0.39, 0.29) is 5.75 Å². The van der Waals surface area contributed by atoms with Crippen molar-refractivity contribution in [2.45, 2.75) is 45.6 Å². The summed E-state index contributed by atoms with van der Waals surface area (Å²) in [6.45, 7) is 8.28. The highest BCUT2D eigenvalue weighted by Crippen LogP contribution is 2.15. The summed E-state index contributed by atoms with van der Waals surface area (Å²) in [4.78, 5) is 2.47. The summed E-state index contributed by atoms with van der Waals surface area (Å²) in [5, 5.41) is 3.02. The molecule has 0 bridgehead atoms. The first-order valence-corrected chi connectivity index (χ1v) is 9.12. The van der Waals surface area contributed by atoms with Gasteiger partial charge in [-0.1, -0.05) is 13.3 Å². The summed E-state index contributed by atoms with van der Waals surface area (Å²) < 4.78 is 26.0. The number of hydrogen-bond acceptors (Lipinski definition) is 4. The van der Waals surface area contributed by atoms with Gasteiger partial charge in [0.15, 0.2) is 0 Å². The maximum Gasteiger partial charge on any atom is 0.212 e. The minimum absolute atomic E-state index is 0.168. The summed E-state index contributed by atoms with van der Waals surface area (Å²) in [5.41, 5.74) is 0. The smallest absolute Gasteiger partial charge is 0.212 e. The molecule has 6 heteroatoms. The second kappa shape index (κ2) is 8.89. The van der Waals surface area contributed by atoms with Crippen molar-refractivity contribution in [3.63, 3.8) is 0 Å². The fraction of sp³-hybridized carbons (Fsp3) is 1.00. The zero-order valence-corrected chi connectivity index (χ0v) is 13.1. The van der Waals surface area contributed by atoms with Gasteiger partial charge in [-0.2, -0.15) is 0 Å². The standard InChI is InChI=1S/C13H29N3O2S/c1-3-14-9-12-19(17,18)15-8-6-11-16-10-5-4-7-13(16)2/h13-15H,3-12H2,1-2H3. The van der Waals surface area contributed by atoms with Crippen molar-refractivity contribution in [2.75, 3.05) is 38.5 Å². The Labute approximate surface area is 118 Å². The average Bonchev–Trinajstić information content (AvgIpc) is 2.37. The third-order valence-electron chi connectivity index (χ3n) is 3.68. The predicted molar refractivity (Wildman–Crippen MR) is 79.8 cm³/mol. The van der Waals surface area contributed by atoms with Crippen molar-refractivity contribution in [3.8, 4) is 0 Å². The SMILES string of the molecule is CCNCCS(=O)(=O)NCCCN1CCCCC1C. The number of rotatable bonds is 9. The highest BCUT2D eigenvalue weighted by Gasteiger charge is 2.17. The molecule has 1 fully saturated rings. The molecular weight excluding hydrogens is 262 g/mol. The van der Waals surface area contributed by atoms with Gasteiger partial charge in [0.2, 0.25) is 10.0 Å². The summed E-state index contributed by atoms with van der Waals surface area (Å²) in [7, 11) is -3.10. The summed E-state index contributed by atoms with van der Waals surface area (Å²) >= 11 is 0. The van der Waals surface area contributed by atoms with Crippen LogP contribution in [0.3, 0.4) is 0 Å². The Bertz CT molecular complexity index is 333. The quantitative estimate of drug-likeness (QED) is 0.616. The van der Waals surface area contributed by atoms with Crippen LogP contribution in [0.5, 0.6) is 0 Å². The molecule has 5 nitrogen and oxygen atoms in total. The minimum atomic E-state index is -3.10. The molecule has 0 aliphatic carbocycles. The van der Waals surface area contributed by atoms with Crippen molar-refractivity contribution in [2.24, 2.45) is 0 Å². The van der Waals surface area contributed by atoms with Crippen LogP contribution < -0.4 is 10.0 Å². The lowest BCUT2D eigenvalue weighted by molar-refractivity contribution is 0.159. The second-order valence-electron chi connectivity index (χ2n) is 5.30. The van der Waals surface area contributed by atoms with E-state index in [1.807, 2.05) is 6.92 Å². The lowest BCUT2D eigenvalue weighted by Gasteiger charge is -2.33. The summed E-state index contributed by atoms with van der Waals surface area (Å²) in [5.74, 6) is 0.168. The molecule has 2 N–H and O–H groups in total. The second-order valence-corrected chi connectivity index (χ2v) is 7.23. The number of nitrogens with zero attached hydrogens (tertiary/aromatic N) is 1. The van der Waals surface area contributed by atoms with Crippen LogP contribution in [0.25, 0.3) is 0 Å². The number of likely N-dealkylation sites (tertiary alicyclic amines) is 1. The van der Waals surface area contributed by atoms with Crippen LogP contribution in [0.4, 0.5) is 0 Å². The minimum Gasteiger partial charge on any atom is -0.316 e. The predicted octanol–water partition coefficient (Wildman–Crippen LogP) is 0.780. The molecule has 114 valence electrons. The molecule has 0 aromatic rings. The Kier molecular flexibility index (Phi) is 7.90. The Balaban J connectivity index is 2.12. The Morgan fingerprint density at radius 1 is 1.26 bits per heavy atom. The first-order chi connectivity index (χ1) is 9.05. The van der Waals surface area contributed by atoms with E-state index in [4.69, 9.17) is 0 Å². The number of hydrogen-bond donors (Lipinski definition) is 2. The molecule has 19 heavy (non-hydrogen) atoms. The van der Waals surface area contributed by atoms with E-state index in [1.54, 1.807) is 0 Å². The van der Waals surface area contributed by atoms with E-state index >= 15 is 0 Å². The third-order valence-corrected chi connectivity index (χ3v) is 5.07. The molecule has 0 radical (unpaired) electrons. The average molecular weight is 291 g/mol. The molecule has 1 aliphatic heterocycles. The molecule has 1 unspecified atom stereocenters. The van der Waals surface area contributed by atoms with Crippen molar-refractivity contribution in [1.29, 1.82) is 0 Å². The summed E-state index contributed by atoms with van der Waals surface area (Å²) in [6.07, 6.45) is 4.77. The zero-order valence-electron chi connectivity index (χ0n) is 12.3. The monoisotopic (exact) mass is 291 g/mol. The normalized spacial score (nSPS) is 21.7. The van der Waals surface area contributed by atoms with Gasteiger partial charge in [-0.15, -0.1) is 0 Å². The molecule has 1 saturated heterocycles. The molecule has 0 aromatic heterocycles. The molecule has 0 spiro atoms. The van der Waals surface area contributed by atoms with Crippen LogP contribution in [0.1, 0.15) is 39.5 Å². The van der Waals surface area contributed by atoms with Crippen LogP contribution in [0.2, 0.25) is 0 Å². The first kappa shape index (κ1) is 16.9. The van der Waals surface area contributed by atoms with Gasteiger partial charge in [-0.3, -0.25) is 0 Å². The van der Waals surface area contributed by atoms with Crippen LogP contribution in [0.15, 0.2) is 0 Å². The van der Waals surface area contributed by atoms with Gasteiger partial charge < -0.3 is 10.2 Å². The highest BCUT2D eigenvalue weighted by atomic mass is 32.2. The van der Waals surface area contributed by atoms with Gasteiger partial charge in [0.05, 0.1) is 5.75 Å². The number of piperidine rings is 1. The molecule has 0 saturated carbocycles. The van der Waals surface area contributed by atoms with E-state index < -0.39 is 10.0 Å². The van der Waals surface area contributed by atoms with Gasteiger partial charge in [0.25, 0.3) is 0 Å². The number of nitrogens with one attached hydrogen (secondary N) is 2. The van der Waals surface area contributed by atoms with Crippen molar-refractivity contribution in [1.82, 2.24) is 14.9 Å². The van der Waals surface area contributed by atoms with Gasteiger partial charge >= 0.3 is 0 Å². The Morgan fingerprint density at radius 2 is 2.05 bits per heavy atom. The fourth-order valence-electron chi connectivity index (χ4n) is 2.46. The van der Waals surface area contributed by atoms with Gasteiger partial charge in [0, 0.05) is 19.1 Å². The maximum atomic E-state index is 11.7. The maximum absolute atomic E-state index is 11.7. The van der Waals surface area contributed by atoms with Crippen LogP contribution >= 0.6 is 0 Å². The van der Waals surface area contributed by atoms with Crippen LogP contribution in [0, 0.1) is 0 Å². The fourth-order valence-corrected chi connectivity index (χ4v) is 3.47. The first-order valence-electron chi connectivity index (χ1n) is 7.47. The Hall–Kier alpha value is -0.170. The molecule has 0 aromatic carbocycles. The van der Waals surface area contributed by atoms with Crippen LogP contribution in [-0.4, -0.2) is 57.8 Å². The van der Waals surface area contributed by atoms with Gasteiger partial charge in [-0.25, -0.2) is 13.1 Å². The topological polar surface area (TPSA) is 61.4 Å². The van der Waals surface area contributed by atoms with Gasteiger partial charge in [0.1, 0.15) is 0 Å². The largest absolute Gasteiger partial charge is 0.316 e. The van der Waals surface area contributed by atoms with Crippen molar-refractivity contribution < 1.29 is 8.42 Å². The summed E-state index contributed by atoms with van der Waals surface area (Å²) in [6, 6.07) is 0.652. The van der Waals surface area contributed by atoms with E-state index in [0.717, 1.165) is 26.1 Å². The molecule has 1 rings (SSSR count). The van der Waals surface area contributed by atoms with E-state index in [2.05, 4.69) is 21.9 Å². The molecule has 0 amide bonds.